The van der Waals surface area contributed by atoms with E-state index in [1.165, 1.54) is 4.90 Å². The molecule has 0 bridgehead atoms. The van der Waals surface area contributed by atoms with Crippen molar-refractivity contribution in [3.05, 3.63) is 51.9 Å². The summed E-state index contributed by atoms with van der Waals surface area (Å²) in [5, 5.41) is 3.93. The van der Waals surface area contributed by atoms with Crippen LogP contribution in [0.3, 0.4) is 0 Å². The highest BCUT2D eigenvalue weighted by atomic mass is 35.5. The summed E-state index contributed by atoms with van der Waals surface area (Å²) in [6.45, 7) is 0.476. The van der Waals surface area contributed by atoms with Gasteiger partial charge in [0.15, 0.2) is 5.22 Å². The molecule has 4 nitrogen and oxygen atoms in total. The average Bonchev–Trinajstić information content (AvgIpc) is 2.82. The third kappa shape index (κ3) is 3.46. The van der Waals surface area contributed by atoms with Crippen LogP contribution in [0, 0.1) is 0 Å². The van der Waals surface area contributed by atoms with E-state index < -0.39 is 0 Å². The van der Waals surface area contributed by atoms with Crippen molar-refractivity contribution in [3.8, 4) is 0 Å². The van der Waals surface area contributed by atoms with Gasteiger partial charge in [0, 0.05) is 19.8 Å². The Morgan fingerprint density at radius 2 is 2.00 bits per heavy atom. The van der Waals surface area contributed by atoms with E-state index in [0.29, 0.717) is 28.1 Å². The number of nitrogens with zero attached hydrogens (tertiary/aromatic N) is 1. The predicted molar refractivity (Wildman–Crippen MR) is 80.5 cm³/mol. The quantitative estimate of drug-likeness (QED) is 0.931. The van der Waals surface area contributed by atoms with E-state index in [4.69, 9.17) is 27.6 Å². The Kier molecular flexibility index (Phi) is 4.57. The van der Waals surface area contributed by atoms with E-state index in [0.717, 1.165) is 5.69 Å². The van der Waals surface area contributed by atoms with Gasteiger partial charge in [0.2, 0.25) is 0 Å². The number of hydrogen-bond acceptors (Lipinski definition) is 3. The minimum Gasteiger partial charge on any atom is -0.448 e. The summed E-state index contributed by atoms with van der Waals surface area (Å²) in [5.74, 6) is 0.574. The second-order valence-corrected chi connectivity index (χ2v) is 5.23. The van der Waals surface area contributed by atoms with Gasteiger partial charge >= 0.3 is 0 Å². The van der Waals surface area contributed by atoms with Crippen molar-refractivity contribution in [2.45, 2.75) is 6.54 Å². The molecule has 0 aliphatic carbocycles. The van der Waals surface area contributed by atoms with Crippen molar-refractivity contribution in [2.24, 2.45) is 0 Å². The number of benzene rings is 1. The maximum atomic E-state index is 12.0. The number of furan rings is 1. The van der Waals surface area contributed by atoms with Crippen LogP contribution < -0.4 is 5.32 Å². The smallest absolute Gasteiger partial charge is 0.254 e. The maximum absolute atomic E-state index is 12.0. The van der Waals surface area contributed by atoms with Gasteiger partial charge in [-0.25, -0.2) is 0 Å². The first-order chi connectivity index (χ1) is 9.47. The van der Waals surface area contributed by atoms with Crippen molar-refractivity contribution in [1.29, 1.82) is 0 Å². The number of halogens is 2. The number of nitrogens with one attached hydrogen (secondary N) is 1. The molecule has 1 aromatic heterocycles. The summed E-state index contributed by atoms with van der Waals surface area (Å²) in [7, 11) is 3.37. The van der Waals surface area contributed by atoms with Crippen molar-refractivity contribution >= 4 is 34.8 Å². The van der Waals surface area contributed by atoms with E-state index >= 15 is 0 Å². The lowest BCUT2D eigenvalue weighted by Crippen LogP contribution is -2.22. The summed E-state index contributed by atoms with van der Waals surface area (Å²) in [4.78, 5) is 13.5. The molecular weight excluding hydrogens is 299 g/mol. The van der Waals surface area contributed by atoms with Crippen molar-refractivity contribution in [3.63, 3.8) is 0 Å². The molecule has 2 rings (SSSR count). The monoisotopic (exact) mass is 312 g/mol. The maximum Gasteiger partial charge on any atom is 0.254 e. The fraction of sp³-hybridized carbons (Fsp3) is 0.214. The first kappa shape index (κ1) is 14.8. The van der Waals surface area contributed by atoms with Crippen molar-refractivity contribution in [1.82, 2.24) is 4.90 Å². The fourth-order valence-electron chi connectivity index (χ4n) is 1.68. The highest BCUT2D eigenvalue weighted by Gasteiger charge is 2.13. The lowest BCUT2D eigenvalue weighted by Gasteiger charge is -2.13. The van der Waals surface area contributed by atoms with Crippen LogP contribution in [-0.4, -0.2) is 24.9 Å². The normalized spacial score (nSPS) is 10.4. The van der Waals surface area contributed by atoms with Crippen LogP contribution in [0.1, 0.15) is 16.1 Å². The molecule has 0 saturated carbocycles. The largest absolute Gasteiger partial charge is 0.448 e. The zero-order valence-corrected chi connectivity index (χ0v) is 12.6. The van der Waals surface area contributed by atoms with Crippen LogP contribution >= 0.6 is 23.2 Å². The molecule has 0 saturated heterocycles. The van der Waals surface area contributed by atoms with Gasteiger partial charge in [-0.3, -0.25) is 4.79 Å². The van der Waals surface area contributed by atoms with E-state index in [9.17, 15) is 4.79 Å². The van der Waals surface area contributed by atoms with Crippen molar-refractivity contribution in [2.75, 3.05) is 19.4 Å². The third-order valence-corrected chi connectivity index (χ3v) is 3.23. The number of carbonyl (C=O) groups is 1. The Balaban J connectivity index is 2.13. The Morgan fingerprint density at radius 3 is 2.60 bits per heavy atom. The molecule has 0 atom stereocenters. The molecule has 1 aromatic carbocycles. The average molecular weight is 313 g/mol. The Labute approximate surface area is 127 Å². The molecule has 1 heterocycles. The van der Waals surface area contributed by atoms with Gasteiger partial charge in [-0.15, -0.1) is 0 Å². The lowest BCUT2D eigenvalue weighted by atomic mass is 10.1. The fourth-order valence-corrected chi connectivity index (χ4v) is 2.04. The van der Waals surface area contributed by atoms with Crippen LogP contribution in [0.2, 0.25) is 10.2 Å². The van der Waals surface area contributed by atoms with Gasteiger partial charge in [0.25, 0.3) is 5.91 Å². The minimum absolute atomic E-state index is 0.139. The molecule has 0 fully saturated rings. The number of carbonyl (C=O) groups excluding carboxylic acids is 1. The summed E-state index contributed by atoms with van der Waals surface area (Å²) in [5.41, 5.74) is 1.24. The SMILES string of the molecule is CN(C)C(=O)c1cc(NCc2ccc(Cl)o2)ccc1Cl. The van der Waals surface area contributed by atoms with E-state index in [-0.39, 0.29) is 5.91 Å². The number of rotatable bonds is 4. The molecule has 0 radical (unpaired) electrons. The summed E-state index contributed by atoms with van der Waals surface area (Å²) < 4.78 is 5.25. The number of hydrogen-bond donors (Lipinski definition) is 1. The highest BCUT2D eigenvalue weighted by molar-refractivity contribution is 6.34. The zero-order valence-electron chi connectivity index (χ0n) is 11.1. The first-order valence-electron chi connectivity index (χ1n) is 5.96. The number of anilines is 1. The summed E-state index contributed by atoms with van der Waals surface area (Å²) in [6, 6.07) is 8.68. The molecule has 2 aromatic rings. The molecule has 1 N–H and O–H groups in total. The molecule has 0 unspecified atom stereocenters. The molecule has 0 aliphatic rings. The Hall–Kier alpha value is -1.65. The summed E-state index contributed by atoms with van der Waals surface area (Å²) in [6.07, 6.45) is 0. The molecule has 1 amide bonds. The van der Waals surface area contributed by atoms with Gasteiger partial charge < -0.3 is 14.6 Å². The molecule has 20 heavy (non-hydrogen) atoms. The topological polar surface area (TPSA) is 45.5 Å². The third-order valence-electron chi connectivity index (χ3n) is 2.70. The van der Waals surface area contributed by atoms with Crippen molar-refractivity contribution < 1.29 is 9.21 Å². The van der Waals surface area contributed by atoms with Crippen LogP contribution in [0.15, 0.2) is 34.7 Å². The van der Waals surface area contributed by atoms with Gasteiger partial charge in [-0.1, -0.05) is 11.6 Å². The van der Waals surface area contributed by atoms with Crippen LogP contribution in [-0.2, 0) is 6.54 Å². The van der Waals surface area contributed by atoms with Crippen LogP contribution in [0.25, 0.3) is 0 Å². The van der Waals surface area contributed by atoms with E-state index in [2.05, 4.69) is 5.32 Å². The van der Waals surface area contributed by atoms with Crippen LogP contribution in [0.5, 0.6) is 0 Å². The molecule has 0 spiro atoms. The van der Waals surface area contributed by atoms with Crippen LogP contribution in [0.4, 0.5) is 5.69 Å². The second kappa shape index (κ2) is 6.20. The van der Waals surface area contributed by atoms with Gasteiger partial charge in [-0.2, -0.15) is 0 Å². The minimum atomic E-state index is -0.139. The van der Waals surface area contributed by atoms with Gasteiger partial charge in [0.1, 0.15) is 5.76 Å². The summed E-state index contributed by atoms with van der Waals surface area (Å²) >= 11 is 11.7. The highest BCUT2D eigenvalue weighted by Crippen LogP contribution is 2.22. The number of amides is 1. The molecule has 6 heteroatoms. The standard InChI is InChI=1S/C14H14Cl2N2O2/c1-18(2)14(19)11-7-9(3-5-12(11)15)17-8-10-4-6-13(16)20-10/h3-7,17H,8H2,1-2H3. The zero-order chi connectivity index (χ0) is 14.7. The molecule has 106 valence electrons. The molecule has 0 aliphatic heterocycles. The second-order valence-electron chi connectivity index (χ2n) is 4.45. The molecular formula is C14H14Cl2N2O2. The van der Waals surface area contributed by atoms with Gasteiger partial charge in [0.05, 0.1) is 17.1 Å². The predicted octanol–water partition coefficient (Wildman–Crippen LogP) is 3.90. The lowest BCUT2D eigenvalue weighted by molar-refractivity contribution is 0.0828. The van der Waals surface area contributed by atoms with E-state index in [1.807, 2.05) is 0 Å². The first-order valence-corrected chi connectivity index (χ1v) is 6.72. The Bertz CT molecular complexity index is 623. The van der Waals surface area contributed by atoms with E-state index in [1.54, 1.807) is 44.4 Å². The van der Waals surface area contributed by atoms with Gasteiger partial charge in [-0.05, 0) is 41.9 Å². The Morgan fingerprint density at radius 1 is 1.25 bits per heavy atom.